The number of hydrogen-bond acceptors (Lipinski definition) is 5. The summed E-state index contributed by atoms with van der Waals surface area (Å²) in [7, 11) is -3.37. The molecule has 5 nitrogen and oxygen atoms in total. The molecule has 0 N–H and O–H groups in total. The second-order valence-corrected chi connectivity index (χ2v) is 5.40. The van der Waals surface area contributed by atoms with Crippen LogP contribution in [0.1, 0.15) is 5.56 Å². The van der Waals surface area contributed by atoms with Gasteiger partial charge in [-0.2, -0.15) is 8.42 Å². The first-order chi connectivity index (χ1) is 8.04. The minimum absolute atomic E-state index is 0.137. The molecule has 6 heteroatoms. The fourth-order valence-corrected chi connectivity index (χ4v) is 1.94. The predicted molar refractivity (Wildman–Crippen MR) is 61.9 cm³/mol. The van der Waals surface area contributed by atoms with E-state index in [2.05, 4.69) is 4.18 Å². The van der Waals surface area contributed by atoms with Gasteiger partial charge in [0.25, 0.3) is 10.1 Å². The van der Waals surface area contributed by atoms with Crippen molar-refractivity contribution < 1.29 is 22.1 Å². The van der Waals surface area contributed by atoms with Gasteiger partial charge in [-0.3, -0.25) is 4.18 Å². The van der Waals surface area contributed by atoms with Crippen molar-refractivity contribution in [2.75, 3.05) is 26.1 Å². The lowest BCUT2D eigenvalue weighted by atomic mass is 10.1. The van der Waals surface area contributed by atoms with Gasteiger partial charge in [-0.05, 0) is 24.1 Å². The molecule has 0 fully saturated rings. The van der Waals surface area contributed by atoms with Gasteiger partial charge < -0.3 is 9.47 Å². The van der Waals surface area contributed by atoms with E-state index in [1.54, 1.807) is 0 Å². The van der Waals surface area contributed by atoms with Gasteiger partial charge in [0, 0.05) is 0 Å². The molecule has 1 aliphatic rings. The molecule has 0 atom stereocenters. The average molecular weight is 258 g/mol. The van der Waals surface area contributed by atoms with Crippen LogP contribution >= 0.6 is 0 Å². The van der Waals surface area contributed by atoms with Crippen molar-refractivity contribution in [3.8, 4) is 11.5 Å². The van der Waals surface area contributed by atoms with E-state index in [1.165, 1.54) is 0 Å². The predicted octanol–water partition coefficient (Wildman–Crippen LogP) is 0.977. The van der Waals surface area contributed by atoms with E-state index in [1.807, 2.05) is 18.2 Å². The van der Waals surface area contributed by atoms with Crippen LogP contribution in [-0.4, -0.2) is 34.5 Å². The smallest absolute Gasteiger partial charge is 0.264 e. The van der Waals surface area contributed by atoms with Crippen molar-refractivity contribution in [1.82, 2.24) is 0 Å². The molecule has 0 spiro atoms. The van der Waals surface area contributed by atoms with Gasteiger partial charge in [-0.15, -0.1) is 0 Å². The molecular weight excluding hydrogens is 244 g/mol. The van der Waals surface area contributed by atoms with Crippen molar-refractivity contribution in [1.29, 1.82) is 0 Å². The molecule has 1 aromatic rings. The van der Waals surface area contributed by atoms with Crippen LogP contribution in [0.5, 0.6) is 11.5 Å². The highest BCUT2D eigenvalue weighted by molar-refractivity contribution is 7.85. The largest absolute Gasteiger partial charge is 0.486 e. The molecule has 94 valence electrons. The summed E-state index contributed by atoms with van der Waals surface area (Å²) in [4.78, 5) is 0. The second kappa shape index (κ2) is 4.93. The molecule has 0 bridgehead atoms. The molecule has 0 saturated heterocycles. The van der Waals surface area contributed by atoms with Gasteiger partial charge in [-0.25, -0.2) is 0 Å². The van der Waals surface area contributed by atoms with Crippen LogP contribution in [0, 0.1) is 0 Å². The average Bonchev–Trinajstić information content (AvgIpc) is 2.27. The molecule has 1 heterocycles. The van der Waals surface area contributed by atoms with E-state index in [-0.39, 0.29) is 6.61 Å². The number of hydrogen-bond donors (Lipinski definition) is 0. The zero-order chi connectivity index (χ0) is 12.3. The number of ether oxygens (including phenoxy) is 2. The van der Waals surface area contributed by atoms with E-state index in [0.717, 1.165) is 17.6 Å². The summed E-state index contributed by atoms with van der Waals surface area (Å²) in [6, 6.07) is 5.55. The Morgan fingerprint density at radius 1 is 1.24 bits per heavy atom. The van der Waals surface area contributed by atoms with Crippen LogP contribution in [-0.2, 0) is 20.7 Å². The van der Waals surface area contributed by atoms with Crippen molar-refractivity contribution in [3.05, 3.63) is 23.8 Å². The van der Waals surface area contributed by atoms with E-state index >= 15 is 0 Å². The summed E-state index contributed by atoms with van der Waals surface area (Å²) < 4.78 is 37.1. The van der Waals surface area contributed by atoms with Crippen molar-refractivity contribution in [3.63, 3.8) is 0 Å². The van der Waals surface area contributed by atoms with Gasteiger partial charge in [-0.1, -0.05) is 6.07 Å². The molecule has 0 aromatic heterocycles. The van der Waals surface area contributed by atoms with Gasteiger partial charge in [0.05, 0.1) is 12.9 Å². The lowest BCUT2D eigenvalue weighted by molar-refractivity contribution is 0.171. The van der Waals surface area contributed by atoms with Crippen LogP contribution in [0.15, 0.2) is 18.2 Å². The maximum atomic E-state index is 10.8. The summed E-state index contributed by atoms with van der Waals surface area (Å²) in [6.07, 6.45) is 1.56. The van der Waals surface area contributed by atoms with Crippen LogP contribution in [0.25, 0.3) is 0 Å². The number of rotatable bonds is 4. The van der Waals surface area contributed by atoms with Crippen LogP contribution in [0.4, 0.5) is 0 Å². The molecule has 1 aromatic carbocycles. The van der Waals surface area contributed by atoms with Crippen molar-refractivity contribution in [2.24, 2.45) is 0 Å². The molecule has 17 heavy (non-hydrogen) atoms. The summed E-state index contributed by atoms with van der Waals surface area (Å²) in [6.45, 7) is 1.23. The fourth-order valence-electron chi connectivity index (χ4n) is 1.55. The van der Waals surface area contributed by atoms with E-state index in [0.29, 0.717) is 25.4 Å². The first-order valence-electron chi connectivity index (χ1n) is 5.27. The molecule has 1 aliphatic heterocycles. The quantitative estimate of drug-likeness (QED) is 0.753. The fraction of sp³-hybridized carbons (Fsp3) is 0.455. The first kappa shape index (κ1) is 12.2. The lowest BCUT2D eigenvalue weighted by Gasteiger charge is -2.18. The van der Waals surface area contributed by atoms with E-state index < -0.39 is 10.1 Å². The first-order valence-corrected chi connectivity index (χ1v) is 7.09. The summed E-state index contributed by atoms with van der Waals surface area (Å²) in [5.74, 6) is 1.43. The minimum Gasteiger partial charge on any atom is -0.486 e. The normalized spacial score (nSPS) is 14.6. The Hall–Kier alpha value is -1.27. The van der Waals surface area contributed by atoms with Crippen molar-refractivity contribution >= 4 is 10.1 Å². The van der Waals surface area contributed by atoms with Gasteiger partial charge in [0.2, 0.25) is 0 Å². The molecule has 0 saturated carbocycles. The zero-order valence-electron chi connectivity index (χ0n) is 9.51. The maximum absolute atomic E-state index is 10.8. The van der Waals surface area contributed by atoms with E-state index in [4.69, 9.17) is 9.47 Å². The maximum Gasteiger partial charge on any atom is 0.264 e. The highest BCUT2D eigenvalue weighted by Crippen LogP contribution is 2.30. The molecule has 0 amide bonds. The third-order valence-corrected chi connectivity index (χ3v) is 2.89. The minimum atomic E-state index is -3.37. The number of fused-ring (bicyclic) bond motifs is 1. The van der Waals surface area contributed by atoms with Gasteiger partial charge in [0.1, 0.15) is 13.2 Å². The Bertz CT molecular complexity index is 495. The Labute approximate surface area is 100 Å². The Morgan fingerprint density at radius 2 is 1.94 bits per heavy atom. The standard InChI is InChI=1S/C11H14O5S/c1-17(12,13)16-5-4-9-2-3-10-11(8-9)15-7-6-14-10/h2-3,8H,4-7H2,1H3. The highest BCUT2D eigenvalue weighted by Gasteiger charge is 2.11. The van der Waals surface area contributed by atoms with Crippen LogP contribution in [0.2, 0.25) is 0 Å². The molecule has 0 radical (unpaired) electrons. The Balaban J connectivity index is 1.98. The van der Waals surface area contributed by atoms with Crippen LogP contribution in [0.3, 0.4) is 0 Å². The SMILES string of the molecule is CS(=O)(=O)OCCc1ccc2c(c1)OCCO2. The molecule has 0 aliphatic carbocycles. The summed E-state index contributed by atoms with van der Waals surface area (Å²) in [5, 5.41) is 0. The Kier molecular flexibility index (Phi) is 3.54. The molecule has 2 rings (SSSR count). The topological polar surface area (TPSA) is 61.8 Å². The van der Waals surface area contributed by atoms with E-state index in [9.17, 15) is 8.42 Å². The third-order valence-electron chi connectivity index (χ3n) is 2.29. The monoisotopic (exact) mass is 258 g/mol. The molecule has 0 unspecified atom stereocenters. The summed E-state index contributed by atoms with van der Waals surface area (Å²) >= 11 is 0. The Morgan fingerprint density at radius 3 is 2.65 bits per heavy atom. The van der Waals surface area contributed by atoms with Crippen molar-refractivity contribution in [2.45, 2.75) is 6.42 Å². The molecular formula is C11H14O5S. The number of benzene rings is 1. The van der Waals surface area contributed by atoms with Gasteiger partial charge in [0.15, 0.2) is 11.5 Å². The third kappa shape index (κ3) is 3.61. The van der Waals surface area contributed by atoms with Crippen LogP contribution < -0.4 is 9.47 Å². The lowest BCUT2D eigenvalue weighted by Crippen LogP contribution is -2.15. The van der Waals surface area contributed by atoms with Gasteiger partial charge >= 0.3 is 0 Å². The highest BCUT2D eigenvalue weighted by atomic mass is 32.2. The zero-order valence-corrected chi connectivity index (χ0v) is 10.3. The second-order valence-electron chi connectivity index (χ2n) is 3.75. The summed E-state index contributed by atoms with van der Waals surface area (Å²) in [5.41, 5.74) is 0.956.